The van der Waals surface area contributed by atoms with Crippen LogP contribution in [0.4, 0.5) is 10.2 Å². The van der Waals surface area contributed by atoms with E-state index < -0.39 is 0 Å². The molecule has 0 amide bonds. The van der Waals surface area contributed by atoms with Crippen molar-refractivity contribution < 1.29 is 8.81 Å². The van der Waals surface area contributed by atoms with E-state index in [2.05, 4.69) is 5.10 Å². The molecule has 5 heteroatoms. The largest absolute Gasteiger partial charge is 0.459 e. The molecule has 0 spiro atoms. The van der Waals surface area contributed by atoms with Gasteiger partial charge in [-0.2, -0.15) is 5.10 Å². The zero-order valence-corrected chi connectivity index (χ0v) is 11.9. The maximum Gasteiger partial charge on any atom is 0.155 e. The molecule has 3 aromatic rings. The average Bonchev–Trinajstić information content (AvgIpc) is 3.06. The topological polar surface area (TPSA) is 57.0 Å². The molecule has 0 aliphatic carbocycles. The third-order valence-corrected chi connectivity index (χ3v) is 3.48. The van der Waals surface area contributed by atoms with Crippen LogP contribution in [-0.4, -0.2) is 9.78 Å². The van der Waals surface area contributed by atoms with E-state index in [4.69, 9.17) is 10.2 Å². The summed E-state index contributed by atoms with van der Waals surface area (Å²) in [4.78, 5) is 0. The predicted octanol–water partition coefficient (Wildman–Crippen LogP) is 3.63. The van der Waals surface area contributed by atoms with Crippen molar-refractivity contribution in [2.75, 3.05) is 5.73 Å². The van der Waals surface area contributed by atoms with E-state index in [1.165, 1.54) is 10.7 Å². The molecule has 4 nitrogen and oxygen atoms in total. The van der Waals surface area contributed by atoms with E-state index in [0.717, 1.165) is 12.2 Å². The lowest BCUT2D eigenvalue weighted by molar-refractivity contribution is 0.526. The maximum atomic E-state index is 14.1. The summed E-state index contributed by atoms with van der Waals surface area (Å²) in [6.45, 7) is 2.01. The van der Waals surface area contributed by atoms with E-state index in [-0.39, 0.29) is 5.82 Å². The number of aromatic nitrogens is 2. The molecule has 0 unspecified atom stereocenters. The molecule has 0 fully saturated rings. The summed E-state index contributed by atoms with van der Waals surface area (Å²) in [7, 11) is 1.73. The van der Waals surface area contributed by atoms with Gasteiger partial charge in [-0.3, -0.25) is 4.68 Å². The highest BCUT2D eigenvalue weighted by atomic mass is 19.1. The van der Waals surface area contributed by atoms with Crippen molar-refractivity contribution in [3.05, 3.63) is 48.0 Å². The van der Waals surface area contributed by atoms with E-state index in [0.29, 0.717) is 28.4 Å². The summed E-state index contributed by atoms with van der Waals surface area (Å²) >= 11 is 0. The Balaban J connectivity index is 2.23. The fraction of sp³-hybridized carbons (Fsp3) is 0.188. The van der Waals surface area contributed by atoms with E-state index in [1.807, 2.05) is 19.1 Å². The number of halogens is 1. The Morgan fingerprint density at radius 1 is 1.24 bits per heavy atom. The number of hydrogen-bond acceptors (Lipinski definition) is 3. The van der Waals surface area contributed by atoms with Crippen molar-refractivity contribution in [2.45, 2.75) is 13.3 Å². The standard InChI is InChI=1S/C16H16FN3O/c1-3-10-8-9-13(21-10)15-14(16(18)20(2)19-15)11-6-4-5-7-12(11)17/h4-9H,3,18H2,1-2H3. The lowest BCUT2D eigenvalue weighted by Crippen LogP contribution is -1.98. The van der Waals surface area contributed by atoms with Crippen LogP contribution in [0, 0.1) is 5.82 Å². The van der Waals surface area contributed by atoms with Gasteiger partial charge in [-0.25, -0.2) is 4.39 Å². The number of nitrogens with two attached hydrogens (primary N) is 1. The van der Waals surface area contributed by atoms with Crippen LogP contribution in [0.1, 0.15) is 12.7 Å². The molecule has 0 aliphatic heterocycles. The zero-order chi connectivity index (χ0) is 15.0. The number of furan rings is 1. The Morgan fingerprint density at radius 2 is 2.00 bits per heavy atom. The van der Waals surface area contributed by atoms with Gasteiger partial charge >= 0.3 is 0 Å². The molecule has 108 valence electrons. The summed E-state index contributed by atoms with van der Waals surface area (Å²) in [6.07, 6.45) is 0.789. The van der Waals surface area contributed by atoms with Crippen LogP contribution < -0.4 is 5.73 Å². The Labute approximate surface area is 122 Å². The predicted molar refractivity (Wildman–Crippen MR) is 80.1 cm³/mol. The molecule has 2 heterocycles. The SMILES string of the molecule is CCc1ccc(-c2nn(C)c(N)c2-c2ccccc2F)o1. The second-order valence-corrected chi connectivity index (χ2v) is 4.83. The van der Waals surface area contributed by atoms with E-state index in [1.54, 1.807) is 25.2 Å². The summed E-state index contributed by atoms with van der Waals surface area (Å²) in [5, 5.41) is 4.38. The van der Waals surface area contributed by atoms with E-state index in [9.17, 15) is 4.39 Å². The number of hydrogen-bond donors (Lipinski definition) is 1. The Kier molecular flexibility index (Phi) is 3.25. The molecular weight excluding hydrogens is 269 g/mol. The highest BCUT2D eigenvalue weighted by molar-refractivity contribution is 5.86. The molecular formula is C16H16FN3O. The van der Waals surface area contributed by atoms with Gasteiger partial charge in [0.2, 0.25) is 0 Å². The minimum Gasteiger partial charge on any atom is -0.459 e. The van der Waals surface area contributed by atoms with Gasteiger partial charge in [0.1, 0.15) is 23.1 Å². The first kappa shape index (κ1) is 13.4. The second kappa shape index (κ2) is 5.09. The first-order valence-electron chi connectivity index (χ1n) is 6.78. The van der Waals surface area contributed by atoms with Crippen LogP contribution in [0.3, 0.4) is 0 Å². The minimum absolute atomic E-state index is 0.333. The Hall–Kier alpha value is -2.56. The number of aryl methyl sites for hydroxylation is 2. The fourth-order valence-electron chi connectivity index (χ4n) is 2.33. The Morgan fingerprint density at radius 3 is 2.67 bits per heavy atom. The number of nitrogen functional groups attached to an aromatic ring is 1. The number of benzene rings is 1. The second-order valence-electron chi connectivity index (χ2n) is 4.83. The first-order valence-corrected chi connectivity index (χ1v) is 6.78. The molecule has 0 aliphatic rings. The van der Waals surface area contributed by atoms with Gasteiger partial charge in [-0.1, -0.05) is 25.1 Å². The molecule has 1 aromatic carbocycles. The monoisotopic (exact) mass is 285 g/mol. The van der Waals surface area contributed by atoms with Gasteiger partial charge in [0.15, 0.2) is 5.76 Å². The molecule has 0 bridgehead atoms. The lowest BCUT2D eigenvalue weighted by Gasteiger charge is -2.04. The van der Waals surface area contributed by atoms with Crippen molar-refractivity contribution >= 4 is 5.82 Å². The highest BCUT2D eigenvalue weighted by Crippen LogP contribution is 2.37. The number of nitrogens with zero attached hydrogens (tertiary/aromatic N) is 2. The smallest absolute Gasteiger partial charge is 0.155 e. The van der Waals surface area contributed by atoms with Crippen LogP contribution in [0.2, 0.25) is 0 Å². The van der Waals surface area contributed by atoms with Gasteiger partial charge in [0, 0.05) is 19.0 Å². The normalized spacial score (nSPS) is 11.0. The van der Waals surface area contributed by atoms with Crippen molar-refractivity contribution in [2.24, 2.45) is 7.05 Å². The summed E-state index contributed by atoms with van der Waals surface area (Å²) in [6, 6.07) is 10.2. The molecule has 0 radical (unpaired) electrons. The first-order chi connectivity index (χ1) is 10.1. The van der Waals surface area contributed by atoms with Gasteiger partial charge < -0.3 is 10.2 Å². The van der Waals surface area contributed by atoms with Crippen molar-refractivity contribution in [3.63, 3.8) is 0 Å². The van der Waals surface area contributed by atoms with Crippen molar-refractivity contribution in [1.29, 1.82) is 0 Å². The molecule has 21 heavy (non-hydrogen) atoms. The molecule has 0 saturated heterocycles. The quantitative estimate of drug-likeness (QED) is 0.799. The molecule has 3 rings (SSSR count). The minimum atomic E-state index is -0.333. The van der Waals surface area contributed by atoms with Gasteiger partial charge in [0.05, 0.1) is 5.56 Å². The maximum absolute atomic E-state index is 14.1. The summed E-state index contributed by atoms with van der Waals surface area (Å²) in [5.41, 5.74) is 7.61. The molecule has 2 N–H and O–H groups in total. The van der Waals surface area contributed by atoms with E-state index >= 15 is 0 Å². The van der Waals surface area contributed by atoms with Crippen molar-refractivity contribution in [1.82, 2.24) is 9.78 Å². The van der Waals surface area contributed by atoms with Gasteiger partial charge in [-0.05, 0) is 18.2 Å². The average molecular weight is 285 g/mol. The van der Waals surface area contributed by atoms with Gasteiger partial charge in [0.25, 0.3) is 0 Å². The number of rotatable bonds is 3. The molecule has 2 aromatic heterocycles. The summed E-state index contributed by atoms with van der Waals surface area (Å²) < 4.78 is 21.4. The van der Waals surface area contributed by atoms with Gasteiger partial charge in [-0.15, -0.1) is 0 Å². The number of anilines is 1. The van der Waals surface area contributed by atoms with Crippen molar-refractivity contribution in [3.8, 4) is 22.6 Å². The van der Waals surface area contributed by atoms with Crippen LogP contribution in [-0.2, 0) is 13.5 Å². The lowest BCUT2D eigenvalue weighted by atomic mass is 10.0. The third kappa shape index (κ3) is 2.20. The van der Waals surface area contributed by atoms with Crippen LogP contribution in [0.25, 0.3) is 22.6 Å². The molecule has 0 atom stereocenters. The van der Waals surface area contributed by atoms with Crippen LogP contribution >= 0.6 is 0 Å². The van der Waals surface area contributed by atoms with Crippen LogP contribution in [0.15, 0.2) is 40.8 Å². The zero-order valence-electron chi connectivity index (χ0n) is 11.9. The Bertz CT molecular complexity index is 789. The summed E-state index contributed by atoms with van der Waals surface area (Å²) in [5.74, 6) is 1.52. The fourth-order valence-corrected chi connectivity index (χ4v) is 2.33. The van der Waals surface area contributed by atoms with Crippen LogP contribution in [0.5, 0.6) is 0 Å². The highest BCUT2D eigenvalue weighted by Gasteiger charge is 2.21. The third-order valence-electron chi connectivity index (χ3n) is 3.48. The molecule has 0 saturated carbocycles.